The highest BCUT2D eigenvalue weighted by atomic mass is 16.1. The summed E-state index contributed by atoms with van der Waals surface area (Å²) < 4.78 is 1.98. The number of aryl methyl sites for hydroxylation is 1. The Kier molecular flexibility index (Phi) is 4.18. The zero-order chi connectivity index (χ0) is 11.4. The number of rotatable bonds is 5. The smallest absolute Gasteiger partial charge is 0.267 e. The van der Waals surface area contributed by atoms with Gasteiger partial charge in [0.05, 0.1) is 0 Å². The summed E-state index contributed by atoms with van der Waals surface area (Å²) in [5, 5.41) is 2.91. The van der Waals surface area contributed by atoms with Gasteiger partial charge in [-0.05, 0) is 25.7 Å². The molecule has 0 aromatic carbocycles. The van der Waals surface area contributed by atoms with E-state index in [2.05, 4.69) is 32.8 Å². The molecule has 0 amide bonds. The molecule has 3 nitrogen and oxygen atoms in total. The number of H-pyrrole nitrogens is 1. The van der Waals surface area contributed by atoms with Gasteiger partial charge in [-0.25, -0.2) is 0 Å². The fourth-order valence-electron chi connectivity index (χ4n) is 2.03. The van der Waals surface area contributed by atoms with Crippen LogP contribution >= 0.6 is 0 Å². The monoisotopic (exact) mass is 210 g/mol. The fourth-order valence-corrected chi connectivity index (χ4v) is 2.03. The number of hydrogen-bond acceptors (Lipinski definition) is 1. The molecule has 0 saturated carbocycles. The quantitative estimate of drug-likeness (QED) is 0.797. The van der Waals surface area contributed by atoms with E-state index in [1.165, 1.54) is 5.69 Å². The molecule has 15 heavy (non-hydrogen) atoms. The molecule has 0 aliphatic carbocycles. The number of nitrogens with one attached hydrogen (secondary N) is 1. The van der Waals surface area contributed by atoms with Crippen LogP contribution in [0.4, 0.5) is 0 Å². The van der Waals surface area contributed by atoms with Crippen molar-refractivity contribution in [2.24, 2.45) is 0 Å². The predicted octanol–water partition coefficient (Wildman–Crippen LogP) is 2.66. The molecule has 86 valence electrons. The Labute approximate surface area is 91.5 Å². The first-order valence-corrected chi connectivity index (χ1v) is 5.93. The van der Waals surface area contributed by atoms with Gasteiger partial charge in [0, 0.05) is 17.8 Å². The maximum Gasteiger partial charge on any atom is 0.267 e. The summed E-state index contributed by atoms with van der Waals surface area (Å²) in [4.78, 5) is 11.8. The molecule has 1 N–H and O–H groups in total. The first kappa shape index (κ1) is 12.1. The molecule has 3 heteroatoms. The highest BCUT2D eigenvalue weighted by Crippen LogP contribution is 2.18. The van der Waals surface area contributed by atoms with Gasteiger partial charge in [-0.15, -0.1) is 0 Å². The average molecular weight is 210 g/mol. The van der Waals surface area contributed by atoms with E-state index in [9.17, 15) is 4.79 Å². The normalized spacial score (nSPS) is 11.3. The van der Waals surface area contributed by atoms with Gasteiger partial charge in [-0.1, -0.05) is 27.2 Å². The van der Waals surface area contributed by atoms with Crippen LogP contribution in [0.5, 0.6) is 0 Å². The van der Waals surface area contributed by atoms with Crippen molar-refractivity contribution in [3.8, 4) is 0 Å². The molecule has 0 aliphatic rings. The van der Waals surface area contributed by atoms with Crippen molar-refractivity contribution in [2.45, 2.75) is 59.4 Å². The molecular formula is C12H22N2O. The minimum atomic E-state index is 0.106. The van der Waals surface area contributed by atoms with Crippen molar-refractivity contribution >= 4 is 0 Å². The Morgan fingerprint density at radius 3 is 2.47 bits per heavy atom. The summed E-state index contributed by atoms with van der Waals surface area (Å²) in [6, 6.07) is 0. The zero-order valence-electron chi connectivity index (χ0n) is 10.3. The maximum absolute atomic E-state index is 11.8. The van der Waals surface area contributed by atoms with Crippen molar-refractivity contribution in [1.82, 2.24) is 9.78 Å². The molecule has 0 fully saturated rings. The molecular weight excluding hydrogens is 188 g/mol. The third kappa shape index (κ3) is 2.52. The van der Waals surface area contributed by atoms with E-state index in [1.807, 2.05) is 4.68 Å². The number of aromatic amines is 1. The molecule has 0 aliphatic heterocycles. The van der Waals surface area contributed by atoms with Gasteiger partial charge >= 0.3 is 0 Å². The van der Waals surface area contributed by atoms with Crippen LogP contribution in [0.1, 0.15) is 57.7 Å². The standard InChI is InChI=1S/C12H22N2O/c1-5-7-8-10-11(9(3)4)14(6-2)13-12(10)15/h9H,5-8H2,1-4H3,(H,13,15). The van der Waals surface area contributed by atoms with Crippen molar-refractivity contribution in [1.29, 1.82) is 0 Å². The summed E-state index contributed by atoms with van der Waals surface area (Å²) in [6.45, 7) is 9.34. The second kappa shape index (κ2) is 5.19. The Hall–Kier alpha value is -0.990. The van der Waals surface area contributed by atoms with Crippen LogP contribution < -0.4 is 5.56 Å². The number of nitrogens with zero attached hydrogens (tertiary/aromatic N) is 1. The molecule has 1 rings (SSSR count). The third-order valence-corrected chi connectivity index (χ3v) is 2.75. The molecule has 0 spiro atoms. The Bertz CT molecular complexity index is 360. The predicted molar refractivity (Wildman–Crippen MR) is 63.4 cm³/mol. The highest BCUT2D eigenvalue weighted by Gasteiger charge is 2.15. The van der Waals surface area contributed by atoms with E-state index < -0.39 is 0 Å². The van der Waals surface area contributed by atoms with Gasteiger partial charge in [0.15, 0.2) is 0 Å². The van der Waals surface area contributed by atoms with Gasteiger partial charge in [-0.3, -0.25) is 14.6 Å². The molecule has 0 atom stereocenters. The molecule has 0 bridgehead atoms. The van der Waals surface area contributed by atoms with Gasteiger partial charge in [0.1, 0.15) is 0 Å². The van der Waals surface area contributed by atoms with Crippen LogP contribution in [0.3, 0.4) is 0 Å². The number of aromatic nitrogens is 2. The second-order valence-corrected chi connectivity index (χ2v) is 4.31. The summed E-state index contributed by atoms with van der Waals surface area (Å²) in [7, 11) is 0. The lowest BCUT2D eigenvalue weighted by Crippen LogP contribution is -2.07. The van der Waals surface area contributed by atoms with Crippen LogP contribution in [-0.2, 0) is 13.0 Å². The van der Waals surface area contributed by atoms with Crippen molar-refractivity contribution in [2.75, 3.05) is 0 Å². The van der Waals surface area contributed by atoms with Crippen molar-refractivity contribution in [3.05, 3.63) is 21.6 Å². The van der Waals surface area contributed by atoms with Crippen molar-refractivity contribution in [3.63, 3.8) is 0 Å². The largest absolute Gasteiger partial charge is 0.289 e. The first-order valence-electron chi connectivity index (χ1n) is 5.93. The topological polar surface area (TPSA) is 37.8 Å². The molecule has 0 saturated heterocycles. The minimum Gasteiger partial charge on any atom is -0.289 e. The lowest BCUT2D eigenvalue weighted by molar-refractivity contribution is 0.591. The lowest BCUT2D eigenvalue weighted by Gasteiger charge is -2.11. The van der Waals surface area contributed by atoms with E-state index >= 15 is 0 Å². The van der Waals surface area contributed by atoms with E-state index in [1.54, 1.807) is 0 Å². The van der Waals surface area contributed by atoms with Gasteiger partial charge in [0.25, 0.3) is 5.56 Å². The van der Waals surface area contributed by atoms with Gasteiger partial charge in [0.2, 0.25) is 0 Å². The summed E-state index contributed by atoms with van der Waals surface area (Å²) >= 11 is 0. The van der Waals surface area contributed by atoms with E-state index in [0.717, 1.165) is 31.4 Å². The third-order valence-electron chi connectivity index (χ3n) is 2.75. The van der Waals surface area contributed by atoms with Crippen LogP contribution in [0.2, 0.25) is 0 Å². The molecule has 1 aromatic heterocycles. The van der Waals surface area contributed by atoms with E-state index in [4.69, 9.17) is 0 Å². The van der Waals surface area contributed by atoms with Gasteiger partial charge < -0.3 is 0 Å². The van der Waals surface area contributed by atoms with Crippen LogP contribution in [0, 0.1) is 0 Å². The molecule has 0 unspecified atom stereocenters. The van der Waals surface area contributed by atoms with Gasteiger partial charge in [-0.2, -0.15) is 0 Å². The Morgan fingerprint density at radius 2 is 2.00 bits per heavy atom. The number of unbranched alkanes of at least 4 members (excludes halogenated alkanes) is 1. The van der Waals surface area contributed by atoms with E-state index in [-0.39, 0.29) is 5.56 Å². The summed E-state index contributed by atoms with van der Waals surface area (Å²) in [5.74, 6) is 0.413. The first-order chi connectivity index (χ1) is 7.11. The average Bonchev–Trinajstić information content (AvgIpc) is 2.52. The molecule has 1 aromatic rings. The Balaban J connectivity index is 3.11. The summed E-state index contributed by atoms with van der Waals surface area (Å²) in [6.07, 6.45) is 3.14. The number of hydrogen-bond donors (Lipinski definition) is 1. The SMILES string of the molecule is CCCCc1c(C(C)C)n(CC)[nH]c1=O. The molecule has 1 heterocycles. The zero-order valence-corrected chi connectivity index (χ0v) is 10.3. The van der Waals surface area contributed by atoms with E-state index in [0.29, 0.717) is 5.92 Å². The molecule has 0 radical (unpaired) electrons. The summed E-state index contributed by atoms with van der Waals surface area (Å²) in [5.41, 5.74) is 2.29. The van der Waals surface area contributed by atoms with Crippen molar-refractivity contribution < 1.29 is 0 Å². The Morgan fingerprint density at radius 1 is 1.33 bits per heavy atom. The maximum atomic E-state index is 11.8. The fraction of sp³-hybridized carbons (Fsp3) is 0.750. The van der Waals surface area contributed by atoms with Crippen LogP contribution in [-0.4, -0.2) is 9.78 Å². The minimum absolute atomic E-state index is 0.106. The second-order valence-electron chi connectivity index (χ2n) is 4.31. The highest BCUT2D eigenvalue weighted by molar-refractivity contribution is 5.21. The lowest BCUT2D eigenvalue weighted by atomic mass is 10.0. The van der Waals surface area contributed by atoms with Crippen LogP contribution in [0.15, 0.2) is 4.79 Å². The van der Waals surface area contributed by atoms with Crippen LogP contribution in [0.25, 0.3) is 0 Å².